The number of allylic oxidation sites excluding steroid dienone is 2. The minimum atomic E-state index is -1.05. The quantitative estimate of drug-likeness (QED) is 0.0677. The van der Waals surface area contributed by atoms with Gasteiger partial charge in [0.15, 0.2) is 6.10 Å². The smallest absolute Gasteiger partial charge is 0.339 e. The lowest BCUT2D eigenvalue weighted by molar-refractivity contribution is -0.123. The first-order valence-corrected chi connectivity index (χ1v) is 17.3. The number of rotatable bonds is 9. The number of esters is 1. The van der Waals surface area contributed by atoms with Gasteiger partial charge in [-0.15, -0.1) is 0 Å². The summed E-state index contributed by atoms with van der Waals surface area (Å²) in [4.78, 5) is 60.3. The number of aromatic nitrogens is 1. The molecule has 0 radical (unpaired) electrons. The Morgan fingerprint density at radius 3 is 2.33 bits per heavy atom. The van der Waals surface area contributed by atoms with Crippen LogP contribution in [0.1, 0.15) is 52.1 Å². The first kappa shape index (κ1) is 32.3. The average Bonchev–Trinajstić information content (AvgIpc) is 3.80. The molecule has 1 aliphatic heterocycles. The number of fused-ring (bicyclic) bond motifs is 6. The highest BCUT2D eigenvalue weighted by atomic mass is 16.5. The van der Waals surface area contributed by atoms with Crippen molar-refractivity contribution in [3.8, 4) is 17.0 Å². The fraction of sp³-hybridized carbons (Fsp3) is 0.233. The molecule has 1 saturated heterocycles. The molecule has 2 amide bonds. The first-order valence-electron chi connectivity index (χ1n) is 17.3. The molecule has 4 aromatic carbocycles. The topological polar surface area (TPSA) is 103 Å². The molecule has 51 heavy (non-hydrogen) atoms. The van der Waals surface area contributed by atoms with Crippen LogP contribution in [0.4, 0.5) is 5.69 Å². The van der Waals surface area contributed by atoms with Crippen molar-refractivity contribution in [2.75, 3.05) is 4.90 Å². The Morgan fingerprint density at radius 2 is 1.59 bits per heavy atom. The highest BCUT2D eigenvalue weighted by Crippen LogP contribution is 2.56. The molecule has 8 nitrogen and oxygen atoms in total. The van der Waals surface area contributed by atoms with Gasteiger partial charge < -0.3 is 9.47 Å². The number of aryl methyl sites for hydroxylation is 1. The number of amides is 2. The number of benzene rings is 4. The first-order chi connectivity index (χ1) is 24.7. The summed E-state index contributed by atoms with van der Waals surface area (Å²) in [6, 6.07) is 31.0. The number of carbonyl (C=O) groups excluding carboxylic acids is 4. The number of ketones is 1. The van der Waals surface area contributed by atoms with Crippen LogP contribution in [0, 0.1) is 30.6 Å². The van der Waals surface area contributed by atoms with E-state index in [0.29, 0.717) is 45.8 Å². The Hall–Kier alpha value is -5.89. The van der Waals surface area contributed by atoms with Gasteiger partial charge in [0, 0.05) is 16.5 Å². The van der Waals surface area contributed by atoms with Gasteiger partial charge in [-0.1, -0.05) is 72.3 Å². The van der Waals surface area contributed by atoms with E-state index < -0.39 is 12.1 Å². The average molecular weight is 677 g/mol. The number of carbonyl (C=O) groups is 4. The summed E-state index contributed by atoms with van der Waals surface area (Å²) in [5, 5.41) is 0.610. The van der Waals surface area contributed by atoms with Crippen molar-refractivity contribution in [2.24, 2.45) is 23.7 Å². The number of Topliss-reactive ketones (excluding diaryl/α,β-unsaturated/α-hetero) is 1. The molecule has 2 fully saturated rings. The number of nitrogens with zero attached hydrogens (tertiary/aromatic N) is 2. The summed E-state index contributed by atoms with van der Waals surface area (Å²) >= 11 is 0. The van der Waals surface area contributed by atoms with Crippen LogP contribution in [-0.2, 0) is 20.9 Å². The molecule has 5 unspecified atom stereocenters. The maximum Gasteiger partial charge on any atom is 0.339 e. The van der Waals surface area contributed by atoms with Crippen molar-refractivity contribution in [3.05, 3.63) is 137 Å². The third kappa shape index (κ3) is 5.70. The number of hydrogen-bond acceptors (Lipinski definition) is 7. The van der Waals surface area contributed by atoms with Crippen molar-refractivity contribution < 1.29 is 28.7 Å². The van der Waals surface area contributed by atoms with Crippen LogP contribution in [-0.4, -0.2) is 34.7 Å². The molecule has 0 N–H and O–H groups in total. The van der Waals surface area contributed by atoms with Crippen LogP contribution in [0.25, 0.3) is 22.2 Å². The van der Waals surface area contributed by atoms with E-state index >= 15 is 0 Å². The van der Waals surface area contributed by atoms with Crippen LogP contribution in [0.5, 0.6) is 5.75 Å². The molecule has 2 heterocycles. The summed E-state index contributed by atoms with van der Waals surface area (Å²) in [6.45, 7) is 5.94. The fourth-order valence-electron chi connectivity index (χ4n) is 7.99. The maximum atomic E-state index is 13.7. The minimum Gasteiger partial charge on any atom is -0.489 e. The normalized spacial score (nSPS) is 21.1. The number of anilines is 1. The minimum absolute atomic E-state index is 0.127. The second-order valence-corrected chi connectivity index (χ2v) is 13.8. The Kier molecular flexibility index (Phi) is 8.10. The second kappa shape index (κ2) is 12.8. The van der Waals surface area contributed by atoms with E-state index in [4.69, 9.17) is 14.5 Å². The van der Waals surface area contributed by atoms with Gasteiger partial charge in [-0.2, -0.15) is 0 Å². The van der Waals surface area contributed by atoms with E-state index in [1.54, 1.807) is 49.4 Å². The Bertz CT molecular complexity index is 2240. The Balaban J connectivity index is 1.00. The standard InChI is InChI=1S/C43H36N2O6/c1-24-8-7-11-33-35(43(49)51-26(3)40(46)29-14-18-32(19-15-29)50-23-27-9-5-4-6-10-27)22-36(44-39(24)33)28-12-16-31(17-13-28)45-41(47)37-30-20-25(2)34(21-30)38(37)42(45)48/h4-20,22,26,30,34,37-38H,21,23H2,1-3H3. The summed E-state index contributed by atoms with van der Waals surface area (Å²) < 4.78 is 11.6. The van der Waals surface area contributed by atoms with Crippen LogP contribution >= 0.6 is 0 Å². The lowest BCUT2D eigenvalue weighted by atomic mass is 9.82. The zero-order valence-electron chi connectivity index (χ0n) is 28.5. The number of para-hydroxylation sites is 1. The van der Waals surface area contributed by atoms with E-state index in [-0.39, 0.29) is 46.8 Å². The van der Waals surface area contributed by atoms with Crippen LogP contribution < -0.4 is 9.64 Å². The molecule has 5 aromatic rings. The largest absolute Gasteiger partial charge is 0.489 e. The zero-order valence-corrected chi connectivity index (χ0v) is 28.5. The lowest BCUT2D eigenvalue weighted by Crippen LogP contribution is -2.32. The predicted octanol–water partition coefficient (Wildman–Crippen LogP) is 7.92. The SMILES string of the molecule is CC1=CC2CC1C1C(=O)N(c3ccc(-c4cc(C(=O)OC(C)C(=O)c5ccc(OCc6ccccc6)cc5)c5cccc(C)c5n4)cc3)C(=O)C21. The molecule has 3 aliphatic rings. The van der Waals surface area contributed by atoms with Crippen molar-refractivity contribution in [2.45, 2.75) is 39.9 Å². The molecule has 2 aliphatic carbocycles. The van der Waals surface area contributed by atoms with Gasteiger partial charge in [0.05, 0.1) is 34.3 Å². The third-order valence-corrected chi connectivity index (χ3v) is 10.6. The van der Waals surface area contributed by atoms with E-state index in [1.165, 1.54) is 10.5 Å². The van der Waals surface area contributed by atoms with Gasteiger partial charge in [-0.05, 0) is 92.6 Å². The van der Waals surface area contributed by atoms with Crippen LogP contribution in [0.3, 0.4) is 0 Å². The number of ether oxygens (including phenoxy) is 2. The molecule has 8 heteroatoms. The number of pyridine rings is 1. The molecular weight excluding hydrogens is 640 g/mol. The number of hydrogen-bond donors (Lipinski definition) is 0. The summed E-state index contributed by atoms with van der Waals surface area (Å²) in [6.07, 6.45) is 2.00. The fourth-order valence-corrected chi connectivity index (χ4v) is 7.99. The van der Waals surface area contributed by atoms with Gasteiger partial charge in [-0.25, -0.2) is 9.78 Å². The molecule has 254 valence electrons. The second-order valence-electron chi connectivity index (χ2n) is 13.8. The van der Waals surface area contributed by atoms with Crippen molar-refractivity contribution in [3.63, 3.8) is 0 Å². The summed E-state index contributed by atoms with van der Waals surface area (Å²) in [5.74, 6) is -0.896. The van der Waals surface area contributed by atoms with Crippen molar-refractivity contribution >= 4 is 40.2 Å². The highest BCUT2D eigenvalue weighted by molar-refractivity contribution is 6.23. The van der Waals surface area contributed by atoms with Gasteiger partial charge in [0.2, 0.25) is 17.6 Å². The third-order valence-electron chi connectivity index (χ3n) is 10.6. The van der Waals surface area contributed by atoms with Gasteiger partial charge in [0.1, 0.15) is 12.4 Å². The van der Waals surface area contributed by atoms with Gasteiger partial charge in [-0.3, -0.25) is 19.3 Å². The van der Waals surface area contributed by atoms with E-state index in [2.05, 4.69) is 13.0 Å². The summed E-state index contributed by atoms with van der Waals surface area (Å²) in [5.41, 5.74) is 6.18. The van der Waals surface area contributed by atoms with Crippen LogP contribution in [0.2, 0.25) is 0 Å². The Morgan fingerprint density at radius 1 is 0.863 bits per heavy atom. The molecule has 1 aromatic heterocycles. The summed E-state index contributed by atoms with van der Waals surface area (Å²) in [7, 11) is 0. The van der Waals surface area contributed by atoms with Gasteiger partial charge >= 0.3 is 5.97 Å². The predicted molar refractivity (Wildman–Crippen MR) is 193 cm³/mol. The number of imide groups is 1. The van der Waals surface area contributed by atoms with E-state index in [0.717, 1.165) is 17.5 Å². The van der Waals surface area contributed by atoms with Gasteiger partial charge in [0.25, 0.3) is 0 Å². The van der Waals surface area contributed by atoms with Crippen molar-refractivity contribution in [1.82, 2.24) is 4.98 Å². The van der Waals surface area contributed by atoms with E-state index in [9.17, 15) is 19.2 Å². The zero-order chi connectivity index (χ0) is 35.4. The lowest BCUT2D eigenvalue weighted by Gasteiger charge is -2.19. The van der Waals surface area contributed by atoms with E-state index in [1.807, 2.05) is 67.6 Å². The molecular formula is C43H36N2O6. The molecule has 5 atom stereocenters. The van der Waals surface area contributed by atoms with Crippen molar-refractivity contribution in [1.29, 1.82) is 0 Å². The highest BCUT2D eigenvalue weighted by Gasteiger charge is 2.60. The molecule has 1 saturated carbocycles. The maximum absolute atomic E-state index is 13.7. The Labute approximate surface area is 295 Å². The molecule has 0 spiro atoms. The molecule has 2 bridgehead atoms. The molecule has 8 rings (SSSR count). The monoisotopic (exact) mass is 676 g/mol. The van der Waals surface area contributed by atoms with Crippen LogP contribution in [0.15, 0.2) is 115 Å².